The van der Waals surface area contributed by atoms with Crippen LogP contribution in [0.15, 0.2) is 252 Å². The molecule has 0 bridgehead atoms. The van der Waals surface area contributed by atoms with Gasteiger partial charge in [0.25, 0.3) is 0 Å². The molecule has 8 aromatic carbocycles. The van der Waals surface area contributed by atoms with E-state index in [2.05, 4.69) is 243 Å². The van der Waals surface area contributed by atoms with Gasteiger partial charge in [-0.3, -0.25) is 9.49 Å². The van der Waals surface area contributed by atoms with Gasteiger partial charge < -0.3 is 0 Å². The fraction of sp³-hybridized carbons (Fsp3) is 0.0400. The minimum Gasteiger partial charge on any atom is -0.279 e. The van der Waals surface area contributed by atoms with Crippen LogP contribution in [-0.2, 0) is 0 Å². The molecule has 0 aromatic heterocycles. The molecular weight excluding hydrogens is 691 g/mol. The monoisotopic (exact) mass is 732 g/mol. The highest BCUT2D eigenvalue weighted by atomic mass is 31.2. The van der Waals surface area contributed by atoms with Gasteiger partial charge in [0, 0.05) is 31.8 Å². The zero-order valence-electron chi connectivity index (χ0n) is 30.0. The van der Waals surface area contributed by atoms with Gasteiger partial charge in [0.05, 0.1) is 14.1 Å². The number of hydrogen-bond donors (Lipinski definition) is 0. The molecule has 0 saturated heterocycles. The molecule has 8 aromatic rings. The van der Waals surface area contributed by atoms with Gasteiger partial charge in [-0.05, 0) is 11.1 Å². The van der Waals surface area contributed by atoms with Crippen LogP contribution in [0.1, 0.15) is 23.2 Å². The van der Waals surface area contributed by atoms with Gasteiger partial charge in [0.15, 0.2) is 0 Å². The Morgan fingerprint density at radius 3 is 0.574 bits per heavy atom. The first-order valence-corrected chi connectivity index (χ1v) is 21.9. The van der Waals surface area contributed by atoms with Gasteiger partial charge in [-0.15, -0.1) is 0 Å². The molecule has 2 atom stereocenters. The van der Waals surface area contributed by atoms with Crippen LogP contribution in [0.3, 0.4) is 0 Å². The van der Waals surface area contributed by atoms with Crippen molar-refractivity contribution in [1.82, 2.24) is 0 Å². The van der Waals surface area contributed by atoms with Gasteiger partial charge in [-0.2, -0.15) is 0 Å². The van der Waals surface area contributed by atoms with E-state index in [1.165, 1.54) is 31.8 Å². The zero-order valence-corrected chi connectivity index (χ0v) is 31.8. The minimum absolute atomic E-state index is 0.349. The van der Waals surface area contributed by atoms with Crippen LogP contribution in [0.4, 0.5) is 0 Å². The first-order valence-electron chi connectivity index (χ1n) is 18.5. The second kappa shape index (κ2) is 16.5. The molecule has 0 amide bonds. The van der Waals surface area contributed by atoms with E-state index in [1.807, 2.05) is 0 Å². The maximum atomic E-state index is 6.37. The highest BCUT2D eigenvalue weighted by molar-refractivity contribution is 7.87. The second-order valence-electron chi connectivity index (χ2n) is 13.2. The number of hydrogen-bond acceptors (Lipinski definition) is 2. The number of rotatable bonds is 11. The SMILES string of the molecule is c1ccc(C(N=P(c2ccccc2)(c2ccccc2)c2ccccc2)C(N=P(c2ccccc2)(c2ccccc2)c2ccccc2)c2ccccc2)cc1. The maximum Gasteiger partial charge on any atom is 0.101 e. The van der Waals surface area contributed by atoms with Crippen molar-refractivity contribution in [1.29, 1.82) is 0 Å². The Morgan fingerprint density at radius 2 is 0.389 bits per heavy atom. The van der Waals surface area contributed by atoms with Crippen molar-refractivity contribution in [3.8, 4) is 0 Å². The lowest BCUT2D eigenvalue weighted by Crippen LogP contribution is -2.28. The van der Waals surface area contributed by atoms with Crippen LogP contribution >= 0.6 is 14.1 Å². The third kappa shape index (κ3) is 7.00. The molecule has 0 heterocycles. The Morgan fingerprint density at radius 1 is 0.222 bits per heavy atom. The summed E-state index contributed by atoms with van der Waals surface area (Å²) >= 11 is 0. The van der Waals surface area contributed by atoms with Crippen LogP contribution in [0.5, 0.6) is 0 Å². The molecule has 0 radical (unpaired) electrons. The second-order valence-corrected chi connectivity index (χ2v) is 19.3. The smallest absolute Gasteiger partial charge is 0.101 e. The maximum absolute atomic E-state index is 6.37. The number of nitrogens with zero attached hydrogens (tertiary/aromatic N) is 2. The van der Waals surface area contributed by atoms with E-state index in [9.17, 15) is 0 Å². The Bertz CT molecular complexity index is 2090. The summed E-state index contributed by atoms with van der Waals surface area (Å²) in [5.74, 6) is 0. The van der Waals surface area contributed by atoms with Crippen molar-refractivity contribution in [2.45, 2.75) is 12.1 Å². The fourth-order valence-electron chi connectivity index (χ4n) is 7.45. The summed E-state index contributed by atoms with van der Waals surface area (Å²) in [7, 11) is -5.31. The Labute approximate surface area is 320 Å². The van der Waals surface area contributed by atoms with E-state index in [-0.39, 0.29) is 12.1 Å². The quantitative estimate of drug-likeness (QED) is 0.118. The topological polar surface area (TPSA) is 24.7 Å². The summed E-state index contributed by atoms with van der Waals surface area (Å²) in [5, 5.41) is 7.28. The van der Waals surface area contributed by atoms with Crippen molar-refractivity contribution in [3.63, 3.8) is 0 Å². The number of benzene rings is 8. The van der Waals surface area contributed by atoms with Crippen molar-refractivity contribution < 1.29 is 0 Å². The lowest BCUT2D eigenvalue weighted by Gasteiger charge is -2.34. The molecule has 2 nitrogen and oxygen atoms in total. The summed E-state index contributed by atoms with van der Waals surface area (Å²) in [5.41, 5.74) is 2.27. The molecule has 4 heteroatoms. The molecule has 0 aliphatic heterocycles. The van der Waals surface area contributed by atoms with Crippen LogP contribution in [0.25, 0.3) is 0 Å². The molecule has 0 spiro atoms. The average molecular weight is 733 g/mol. The van der Waals surface area contributed by atoms with Gasteiger partial charge in [-0.25, -0.2) is 0 Å². The molecule has 0 N–H and O–H groups in total. The summed E-state index contributed by atoms with van der Waals surface area (Å²) in [6.07, 6.45) is 0. The first-order chi connectivity index (χ1) is 26.8. The van der Waals surface area contributed by atoms with Crippen molar-refractivity contribution in [2.24, 2.45) is 9.49 Å². The Kier molecular flexibility index (Phi) is 10.8. The first kappa shape index (κ1) is 35.3. The van der Waals surface area contributed by atoms with Crippen LogP contribution < -0.4 is 31.8 Å². The van der Waals surface area contributed by atoms with Crippen molar-refractivity contribution in [3.05, 3.63) is 254 Å². The molecular formula is C50H42N2P2. The highest BCUT2D eigenvalue weighted by Gasteiger charge is 2.36. The van der Waals surface area contributed by atoms with Crippen molar-refractivity contribution >= 4 is 45.9 Å². The molecule has 54 heavy (non-hydrogen) atoms. The van der Waals surface area contributed by atoms with E-state index in [4.69, 9.17) is 9.49 Å². The predicted molar refractivity (Wildman–Crippen MR) is 234 cm³/mol. The predicted octanol–water partition coefficient (Wildman–Crippen LogP) is 10.8. The molecule has 8 rings (SSSR count). The molecule has 0 aliphatic carbocycles. The van der Waals surface area contributed by atoms with Crippen LogP contribution in [-0.4, -0.2) is 0 Å². The van der Waals surface area contributed by atoms with E-state index in [1.54, 1.807) is 0 Å². The average Bonchev–Trinajstić information content (AvgIpc) is 3.27. The zero-order chi connectivity index (χ0) is 36.5. The summed E-state index contributed by atoms with van der Waals surface area (Å²) in [6.45, 7) is 0. The van der Waals surface area contributed by atoms with Gasteiger partial charge in [-0.1, -0.05) is 243 Å². The third-order valence-corrected chi connectivity index (χ3v) is 17.4. The van der Waals surface area contributed by atoms with Crippen molar-refractivity contribution in [2.75, 3.05) is 0 Å². The molecule has 0 aliphatic rings. The molecule has 0 saturated carbocycles. The Hall–Kier alpha value is -5.78. The van der Waals surface area contributed by atoms with E-state index in [0.29, 0.717) is 0 Å². The van der Waals surface area contributed by atoms with E-state index >= 15 is 0 Å². The largest absolute Gasteiger partial charge is 0.279 e. The van der Waals surface area contributed by atoms with E-state index < -0.39 is 14.1 Å². The standard InChI is InChI=1S/C50H42N2P2/c1-9-25-41(26-10-1)49(51-53(43-29-13-3-14-30-43,44-31-15-4-16-32-44)45-33-17-5-18-34-45)50(42-27-11-2-12-28-42)52-54(46-35-19-6-20-36-46,47-37-21-7-22-38-47)48-39-23-8-24-40-48/h1-40,49-50H. The van der Waals surface area contributed by atoms with E-state index in [0.717, 1.165) is 11.1 Å². The van der Waals surface area contributed by atoms with Crippen LogP contribution in [0, 0.1) is 0 Å². The summed E-state index contributed by atoms with van der Waals surface area (Å²) in [4.78, 5) is 0. The molecule has 262 valence electrons. The van der Waals surface area contributed by atoms with Gasteiger partial charge in [0.1, 0.15) is 12.1 Å². The Balaban J connectivity index is 1.57. The van der Waals surface area contributed by atoms with Gasteiger partial charge >= 0.3 is 0 Å². The van der Waals surface area contributed by atoms with Gasteiger partial charge in [0.2, 0.25) is 0 Å². The minimum atomic E-state index is -2.65. The normalized spacial score (nSPS) is 12.7. The molecule has 2 unspecified atom stereocenters. The highest BCUT2D eigenvalue weighted by Crippen LogP contribution is 2.56. The summed E-state index contributed by atoms with van der Waals surface area (Å²) < 4.78 is 12.7. The van der Waals surface area contributed by atoms with Crippen LogP contribution in [0.2, 0.25) is 0 Å². The lowest BCUT2D eigenvalue weighted by atomic mass is 9.95. The molecule has 0 fully saturated rings. The fourth-order valence-corrected chi connectivity index (χ4v) is 14.9. The third-order valence-electron chi connectivity index (χ3n) is 9.96. The summed E-state index contributed by atoms with van der Waals surface area (Å²) in [6, 6.07) is 86.6. The lowest BCUT2D eigenvalue weighted by molar-refractivity contribution is 0.590.